The summed E-state index contributed by atoms with van der Waals surface area (Å²) in [6.45, 7) is 6.66. The quantitative estimate of drug-likeness (QED) is 0.131. The first-order valence-electron chi connectivity index (χ1n) is 15.3. The van der Waals surface area contributed by atoms with Gasteiger partial charge < -0.3 is 51.2 Å². The van der Waals surface area contributed by atoms with Crippen LogP contribution in [0, 0.1) is 6.92 Å². The highest BCUT2D eigenvalue weighted by molar-refractivity contribution is 5.86. The number of carbonyl (C=O) groups excluding carboxylic acids is 3. The molecule has 14 nitrogen and oxygen atoms in total. The summed E-state index contributed by atoms with van der Waals surface area (Å²) in [5.41, 5.74) is 10.5. The number of piperidine rings is 1. The van der Waals surface area contributed by atoms with Gasteiger partial charge in [-0.15, -0.1) is 0 Å². The van der Waals surface area contributed by atoms with E-state index in [0.717, 1.165) is 11.1 Å². The Kier molecular flexibility index (Phi) is 10.2. The van der Waals surface area contributed by atoms with Gasteiger partial charge in [-0.2, -0.15) is 0 Å². The third-order valence-electron chi connectivity index (χ3n) is 9.44. The third-order valence-corrected chi connectivity index (χ3v) is 9.44. The molecule has 2 heterocycles. The normalized spacial score (nSPS) is 25.7. The number of carbonyl (C=O) groups is 3. The number of nitrogens with one attached hydrogen (secondary N) is 2. The summed E-state index contributed by atoms with van der Waals surface area (Å²) in [4.78, 5) is 45.1. The van der Waals surface area contributed by atoms with Crippen molar-refractivity contribution >= 4 is 23.9 Å². The maximum absolute atomic E-state index is 13.3. The summed E-state index contributed by atoms with van der Waals surface area (Å²) in [6, 6.07) is 2.85. The number of ether oxygens (including phenoxy) is 3. The lowest BCUT2D eigenvalue weighted by Gasteiger charge is -2.58. The molecule has 2 aliphatic heterocycles. The highest BCUT2D eigenvalue weighted by atomic mass is 16.6. The number of likely N-dealkylation sites (N-methyl/N-ethyl adjacent to an activating group) is 2. The molecule has 0 aromatic heterocycles. The Bertz CT molecular complexity index is 1360. The summed E-state index contributed by atoms with van der Waals surface area (Å²) in [7, 11) is 5.14. The van der Waals surface area contributed by atoms with Crippen molar-refractivity contribution in [2.24, 2.45) is 16.5 Å². The number of methoxy groups -OCH3 is 1. The molecule has 3 aliphatic rings. The van der Waals surface area contributed by atoms with Crippen LogP contribution >= 0.6 is 0 Å². The fraction of sp³-hybridized carbons (Fsp3) is 0.613. The van der Waals surface area contributed by atoms with Gasteiger partial charge in [0.25, 0.3) is 0 Å². The number of nitrogens with zero attached hydrogens (tertiary/aromatic N) is 3. The van der Waals surface area contributed by atoms with Crippen LogP contribution in [0.3, 0.4) is 0 Å². The number of amides is 3. The van der Waals surface area contributed by atoms with Crippen LogP contribution in [-0.4, -0.2) is 110 Å². The number of rotatable bonds is 11. The zero-order valence-corrected chi connectivity index (χ0v) is 27.0. The second-order valence-electron chi connectivity index (χ2n) is 12.2. The summed E-state index contributed by atoms with van der Waals surface area (Å²) in [6.07, 6.45) is 2.06. The molecule has 7 N–H and O–H groups in total. The molecule has 14 heteroatoms. The van der Waals surface area contributed by atoms with E-state index in [9.17, 15) is 19.5 Å². The van der Waals surface area contributed by atoms with Crippen LogP contribution in [0.4, 0.5) is 4.79 Å². The van der Waals surface area contributed by atoms with Gasteiger partial charge in [-0.25, -0.2) is 4.79 Å². The Morgan fingerprint density at radius 2 is 2.04 bits per heavy atom. The molecule has 2 unspecified atom stereocenters. The first-order valence-corrected chi connectivity index (χ1v) is 15.3. The van der Waals surface area contributed by atoms with Gasteiger partial charge in [-0.3, -0.25) is 14.6 Å². The van der Waals surface area contributed by atoms with E-state index >= 15 is 0 Å². The van der Waals surface area contributed by atoms with Crippen molar-refractivity contribution in [1.82, 2.24) is 20.4 Å². The van der Waals surface area contributed by atoms with Crippen LogP contribution in [0.5, 0.6) is 11.5 Å². The molecule has 0 radical (unpaired) electrons. The van der Waals surface area contributed by atoms with E-state index in [-0.39, 0.29) is 43.3 Å². The van der Waals surface area contributed by atoms with E-state index < -0.39 is 29.3 Å². The van der Waals surface area contributed by atoms with Crippen LogP contribution in [0.25, 0.3) is 0 Å². The van der Waals surface area contributed by atoms with Crippen molar-refractivity contribution in [3.8, 4) is 11.5 Å². The number of likely N-dealkylation sites (tertiary alicyclic amines) is 1. The number of benzene rings is 1. The first kappa shape index (κ1) is 33.8. The maximum atomic E-state index is 13.3. The average molecular weight is 630 g/mol. The number of fused-ring (bicyclic) bond motifs is 1. The van der Waals surface area contributed by atoms with Crippen molar-refractivity contribution in [3.63, 3.8) is 0 Å². The van der Waals surface area contributed by atoms with Crippen LogP contribution in [-0.2, 0) is 19.7 Å². The largest absolute Gasteiger partial charge is 0.493 e. The summed E-state index contributed by atoms with van der Waals surface area (Å²) in [5.74, 6) is 0.684. The summed E-state index contributed by atoms with van der Waals surface area (Å²) < 4.78 is 18.2. The summed E-state index contributed by atoms with van der Waals surface area (Å²) in [5, 5.41) is 17.8. The lowest BCUT2D eigenvalue weighted by molar-refractivity contribution is -0.153. The molecule has 0 bridgehead atoms. The van der Waals surface area contributed by atoms with Crippen LogP contribution in [0.2, 0.25) is 0 Å². The summed E-state index contributed by atoms with van der Waals surface area (Å²) >= 11 is 0. The molecule has 4 rings (SSSR count). The fourth-order valence-corrected chi connectivity index (χ4v) is 6.91. The molecule has 1 aromatic rings. The fourth-order valence-electron chi connectivity index (χ4n) is 6.91. The van der Waals surface area contributed by atoms with E-state index in [4.69, 9.17) is 25.7 Å². The van der Waals surface area contributed by atoms with Crippen molar-refractivity contribution in [2.75, 3.05) is 47.4 Å². The van der Waals surface area contributed by atoms with Crippen molar-refractivity contribution < 1.29 is 33.7 Å². The van der Waals surface area contributed by atoms with E-state index in [2.05, 4.69) is 20.5 Å². The van der Waals surface area contributed by atoms with Gasteiger partial charge in [0.2, 0.25) is 11.8 Å². The number of guanidine groups is 1. The predicted molar refractivity (Wildman–Crippen MR) is 168 cm³/mol. The zero-order chi connectivity index (χ0) is 33.1. The molecule has 3 amide bonds. The predicted octanol–water partition coefficient (Wildman–Crippen LogP) is 0.488. The number of hydrogen-bond donors (Lipinski definition) is 5. The lowest BCUT2D eigenvalue weighted by atomic mass is 9.54. The topological polar surface area (TPSA) is 194 Å². The Balaban J connectivity index is 1.45. The molecule has 1 aromatic carbocycles. The van der Waals surface area contributed by atoms with Gasteiger partial charge in [-0.05, 0) is 64.4 Å². The molecule has 0 saturated carbocycles. The molecule has 248 valence electrons. The minimum absolute atomic E-state index is 0.0416. The van der Waals surface area contributed by atoms with Crippen LogP contribution < -0.4 is 31.6 Å². The highest BCUT2D eigenvalue weighted by Crippen LogP contribution is 2.62. The lowest BCUT2D eigenvalue weighted by Crippen LogP contribution is -2.71. The van der Waals surface area contributed by atoms with Gasteiger partial charge in [0.15, 0.2) is 23.6 Å². The van der Waals surface area contributed by atoms with Crippen LogP contribution in [0.1, 0.15) is 50.7 Å². The molecule has 45 heavy (non-hydrogen) atoms. The van der Waals surface area contributed by atoms with Gasteiger partial charge in [0.05, 0.1) is 18.1 Å². The number of aryl methyl sites for hydroxylation is 1. The molecular formula is C31H47N7O7. The smallest absolute Gasteiger partial charge is 0.414 e. The molecule has 1 saturated heterocycles. The Morgan fingerprint density at radius 3 is 2.71 bits per heavy atom. The van der Waals surface area contributed by atoms with Crippen molar-refractivity contribution in [2.45, 2.75) is 75.7 Å². The highest BCUT2D eigenvalue weighted by Gasteiger charge is 2.69. The SMILES string of the molecule is COc1ccc(C)c2c1OC1C(OC(=O)N(C)CCNC(=O)[C@H](CCCN=C(N)N)NC(C)=O)=CCC3(O)[C@@H](C)N(C)CC[C@]213. The molecule has 1 fully saturated rings. The van der Waals surface area contributed by atoms with E-state index in [0.29, 0.717) is 49.6 Å². The van der Waals surface area contributed by atoms with Gasteiger partial charge >= 0.3 is 6.09 Å². The van der Waals surface area contributed by atoms with Crippen LogP contribution in [0.15, 0.2) is 29.0 Å². The molecule has 1 aliphatic carbocycles. The van der Waals surface area contributed by atoms with Gasteiger partial charge in [0, 0.05) is 51.6 Å². The third kappa shape index (κ3) is 6.39. The Labute approximate surface area is 264 Å². The van der Waals surface area contributed by atoms with E-state index in [1.165, 1.54) is 11.8 Å². The Morgan fingerprint density at radius 1 is 1.31 bits per heavy atom. The number of nitrogens with two attached hydrogens (primary N) is 2. The monoisotopic (exact) mass is 629 g/mol. The minimum Gasteiger partial charge on any atom is -0.493 e. The standard InChI is InChI=1S/C31H47N7O7/c1-18-9-10-22(43-6)25-24(18)30-13-16-37(4)19(2)31(30,42)12-11-23(26(30)45-25)44-29(41)38(5)17-15-34-27(40)21(36-20(3)39)8-7-14-35-28(32)33/h9-11,19,21,26,42H,7-8,12-17H2,1-6H3,(H,34,40)(H,36,39)(H4,32,33,35)/t19-,21+,26?,30+,31?/m1/s1. The van der Waals surface area contributed by atoms with Crippen molar-refractivity contribution in [3.05, 3.63) is 35.1 Å². The van der Waals surface area contributed by atoms with Crippen molar-refractivity contribution in [1.29, 1.82) is 0 Å². The second-order valence-corrected chi connectivity index (χ2v) is 12.2. The maximum Gasteiger partial charge on any atom is 0.414 e. The molecule has 5 atom stereocenters. The number of aliphatic imine (C=N–C) groups is 1. The Hall–Kier alpha value is -4.04. The number of aliphatic hydroxyl groups is 1. The minimum atomic E-state index is -1.19. The molecular weight excluding hydrogens is 582 g/mol. The van der Waals surface area contributed by atoms with Gasteiger partial charge in [-0.1, -0.05) is 6.07 Å². The van der Waals surface area contributed by atoms with E-state index in [1.807, 2.05) is 33.0 Å². The van der Waals surface area contributed by atoms with Gasteiger partial charge in [0.1, 0.15) is 11.8 Å². The number of hydrogen-bond acceptors (Lipinski definition) is 9. The molecule has 1 spiro atoms. The van der Waals surface area contributed by atoms with E-state index in [1.54, 1.807) is 20.2 Å². The second kappa shape index (κ2) is 13.5. The zero-order valence-electron chi connectivity index (χ0n) is 27.0. The average Bonchev–Trinajstić information content (AvgIpc) is 3.35. The first-order chi connectivity index (χ1) is 21.3.